The van der Waals surface area contributed by atoms with E-state index in [1.165, 1.54) is 4.68 Å². The van der Waals surface area contributed by atoms with Crippen LogP contribution in [-0.2, 0) is 11.2 Å². The number of nitrogens with one attached hydrogen (secondary N) is 2. The van der Waals surface area contributed by atoms with Gasteiger partial charge in [0.15, 0.2) is 17.4 Å². The Kier molecular flexibility index (Phi) is 11.4. The molecule has 0 saturated carbocycles. The predicted octanol–water partition coefficient (Wildman–Crippen LogP) is 4.98. The molecule has 49 heavy (non-hydrogen) atoms. The number of carbonyl (C=O) groups is 1. The second-order valence-electron chi connectivity index (χ2n) is 10.9. The average Bonchev–Trinajstić information content (AvgIpc) is 3.66. The van der Waals surface area contributed by atoms with E-state index in [2.05, 4.69) is 25.5 Å². The van der Waals surface area contributed by atoms with Crippen LogP contribution in [0, 0.1) is 12.7 Å². The second-order valence-corrected chi connectivity index (χ2v) is 10.9. The Labute approximate surface area is 277 Å². The molecule has 3 aromatic carbocycles. The van der Waals surface area contributed by atoms with Crippen molar-refractivity contribution < 1.29 is 36.7 Å². The van der Waals surface area contributed by atoms with Gasteiger partial charge < -0.3 is 30.3 Å². The van der Waals surface area contributed by atoms with Crippen LogP contribution in [0.2, 0.25) is 0 Å². The summed E-state index contributed by atoms with van der Waals surface area (Å²) in [7, 11) is 3.84. The number of nitrogens with two attached hydrogens (primary N) is 1. The number of nitrogen functional groups attached to an aromatic ring is 1. The maximum atomic E-state index is 16.2. The van der Waals surface area contributed by atoms with Crippen molar-refractivity contribution in [2.45, 2.75) is 32.5 Å². The summed E-state index contributed by atoms with van der Waals surface area (Å²) >= 11 is 0. The van der Waals surface area contributed by atoms with Gasteiger partial charge in [-0.1, -0.05) is 30.3 Å². The fraction of sp³-hybridized carbons (Fsp3) is 0.281. The maximum Gasteiger partial charge on any atom is 0.490 e. The number of aromatic nitrogens is 5. The molecule has 0 radical (unpaired) electrons. The highest BCUT2D eigenvalue weighted by atomic mass is 19.4. The number of aliphatic carboxylic acids is 1. The molecule has 0 aliphatic rings. The number of likely N-dealkylation sites (N-methyl/N-ethyl adjacent to an activating group) is 1. The average molecular weight is 687 g/mol. The lowest BCUT2D eigenvalue weighted by atomic mass is 10.00. The quantitative estimate of drug-likeness (QED) is 0.109. The number of H-pyrrole nitrogens is 1. The highest BCUT2D eigenvalue weighted by Gasteiger charge is 2.38. The van der Waals surface area contributed by atoms with E-state index in [4.69, 9.17) is 24.9 Å². The highest BCUT2D eigenvalue weighted by molar-refractivity contribution is 5.73. The third-order valence-corrected chi connectivity index (χ3v) is 6.94. The molecule has 0 aliphatic heterocycles. The number of halogens is 4. The summed E-state index contributed by atoms with van der Waals surface area (Å²) in [5.74, 6) is -2.05. The molecule has 260 valence electrons. The van der Waals surface area contributed by atoms with E-state index in [9.17, 15) is 18.0 Å². The summed E-state index contributed by atoms with van der Waals surface area (Å²) < 4.78 is 60.1. The Hall–Kier alpha value is -5.71. The van der Waals surface area contributed by atoms with Gasteiger partial charge in [-0.3, -0.25) is 4.98 Å². The van der Waals surface area contributed by atoms with Crippen LogP contribution in [0.3, 0.4) is 0 Å². The number of hydrogen-bond acceptors (Lipinski definition) is 10. The van der Waals surface area contributed by atoms with Gasteiger partial charge in [0.25, 0.3) is 0 Å². The van der Waals surface area contributed by atoms with Gasteiger partial charge in [-0.25, -0.2) is 14.0 Å². The van der Waals surface area contributed by atoms with Crippen molar-refractivity contribution >= 4 is 17.3 Å². The zero-order chi connectivity index (χ0) is 35.9. The molecule has 0 amide bonds. The van der Waals surface area contributed by atoms with E-state index >= 15 is 4.39 Å². The summed E-state index contributed by atoms with van der Waals surface area (Å²) in [5, 5.41) is 19.0. The van der Waals surface area contributed by atoms with Crippen LogP contribution in [0.4, 0.5) is 28.9 Å². The number of benzene rings is 3. The van der Waals surface area contributed by atoms with Crippen molar-refractivity contribution in [3.63, 3.8) is 0 Å². The van der Waals surface area contributed by atoms with Gasteiger partial charge >= 0.3 is 17.8 Å². The Bertz CT molecular complexity index is 1940. The lowest BCUT2D eigenvalue weighted by molar-refractivity contribution is -0.192. The SMILES string of the molecule is CCc1cc(OCCN(C)C)c(F)c(C(Nc2ccc(-c3noc(C)n3)cc2)c2nn(-c3ccccc3N)c(=O)[nH]2)c1.O=C(O)C(F)(F)F. The molecule has 0 spiro atoms. The van der Waals surface area contributed by atoms with Gasteiger partial charge in [0, 0.05) is 30.3 Å². The fourth-order valence-corrected chi connectivity index (χ4v) is 4.44. The molecule has 17 heteroatoms. The summed E-state index contributed by atoms with van der Waals surface area (Å²) in [6.45, 7) is 4.63. The second kappa shape index (κ2) is 15.5. The minimum absolute atomic E-state index is 0.134. The monoisotopic (exact) mass is 686 g/mol. The van der Waals surface area contributed by atoms with Crippen LogP contribution >= 0.6 is 0 Å². The molecule has 5 aromatic rings. The van der Waals surface area contributed by atoms with E-state index in [-0.39, 0.29) is 17.1 Å². The molecule has 2 heterocycles. The lowest BCUT2D eigenvalue weighted by Gasteiger charge is -2.21. The smallest absolute Gasteiger partial charge is 0.489 e. The zero-order valence-electron chi connectivity index (χ0n) is 26.9. The van der Waals surface area contributed by atoms with E-state index in [0.29, 0.717) is 48.3 Å². The fourth-order valence-electron chi connectivity index (χ4n) is 4.44. The van der Waals surface area contributed by atoms with Crippen LogP contribution in [0.5, 0.6) is 5.75 Å². The third-order valence-electron chi connectivity index (χ3n) is 6.94. The first-order valence-electron chi connectivity index (χ1n) is 14.8. The summed E-state index contributed by atoms with van der Waals surface area (Å²) in [5.41, 5.74) is 8.96. The summed E-state index contributed by atoms with van der Waals surface area (Å²) in [6.07, 6.45) is -4.44. The van der Waals surface area contributed by atoms with Crippen molar-refractivity contribution in [2.75, 3.05) is 38.3 Å². The number of carboxylic acid groups (broad SMARTS) is 1. The molecule has 5 N–H and O–H groups in total. The molecule has 13 nitrogen and oxygen atoms in total. The number of anilines is 2. The van der Waals surface area contributed by atoms with Crippen molar-refractivity contribution in [2.24, 2.45) is 0 Å². The van der Waals surface area contributed by atoms with Crippen LogP contribution < -0.4 is 21.5 Å². The molecule has 0 aliphatic carbocycles. The van der Waals surface area contributed by atoms with Gasteiger partial charge in [0.1, 0.15) is 12.6 Å². The molecule has 0 bridgehead atoms. The topological polar surface area (TPSA) is 177 Å². The lowest BCUT2D eigenvalue weighted by Crippen LogP contribution is -2.21. The highest BCUT2D eigenvalue weighted by Crippen LogP contribution is 2.33. The van der Waals surface area contributed by atoms with Gasteiger partial charge in [0.2, 0.25) is 11.7 Å². The Morgan fingerprint density at radius 2 is 1.84 bits per heavy atom. The van der Waals surface area contributed by atoms with Crippen molar-refractivity contribution in [3.05, 3.63) is 99.8 Å². The van der Waals surface area contributed by atoms with Crippen LogP contribution in [0.25, 0.3) is 17.1 Å². The Morgan fingerprint density at radius 1 is 1.16 bits per heavy atom. The third kappa shape index (κ3) is 9.22. The van der Waals surface area contributed by atoms with Crippen LogP contribution in [0.15, 0.2) is 70.0 Å². The first kappa shape index (κ1) is 36.1. The minimum atomic E-state index is -5.08. The number of ether oxygens (including phenoxy) is 1. The van der Waals surface area contributed by atoms with E-state index in [1.54, 1.807) is 43.3 Å². The van der Waals surface area contributed by atoms with Gasteiger partial charge in [0.05, 0.1) is 11.4 Å². The number of nitrogens with zero attached hydrogens (tertiary/aromatic N) is 5. The molecular formula is C32H34F4N8O5. The first-order valence-corrected chi connectivity index (χ1v) is 14.8. The van der Waals surface area contributed by atoms with Crippen molar-refractivity contribution in [3.8, 4) is 22.8 Å². The molecule has 2 aromatic heterocycles. The molecule has 1 atom stereocenters. The molecule has 0 saturated heterocycles. The maximum absolute atomic E-state index is 16.2. The minimum Gasteiger partial charge on any atom is -0.489 e. The number of hydrogen-bond donors (Lipinski definition) is 4. The zero-order valence-corrected chi connectivity index (χ0v) is 26.9. The van der Waals surface area contributed by atoms with Crippen molar-refractivity contribution in [1.29, 1.82) is 0 Å². The normalized spacial score (nSPS) is 11.9. The van der Waals surface area contributed by atoms with Gasteiger partial charge in [-0.15, -0.1) is 5.10 Å². The molecule has 1 unspecified atom stereocenters. The summed E-state index contributed by atoms with van der Waals surface area (Å²) in [4.78, 5) is 31.0. The largest absolute Gasteiger partial charge is 0.490 e. The van der Waals surface area contributed by atoms with E-state index in [1.807, 2.05) is 50.2 Å². The molecule has 0 fully saturated rings. The number of para-hydroxylation sites is 2. The number of alkyl halides is 3. The van der Waals surface area contributed by atoms with E-state index < -0.39 is 29.7 Å². The summed E-state index contributed by atoms with van der Waals surface area (Å²) in [6, 6.07) is 16.8. The predicted molar refractivity (Wildman–Crippen MR) is 172 cm³/mol. The number of rotatable bonds is 11. The first-order chi connectivity index (χ1) is 23.2. The van der Waals surface area contributed by atoms with Crippen LogP contribution in [-0.4, -0.2) is 74.3 Å². The van der Waals surface area contributed by atoms with Gasteiger partial charge in [-0.05, 0) is 68.5 Å². The van der Waals surface area contributed by atoms with E-state index in [0.717, 1.165) is 11.1 Å². The van der Waals surface area contributed by atoms with Crippen LogP contribution in [0.1, 0.15) is 35.8 Å². The number of aryl methyl sites for hydroxylation is 2. The number of aromatic amines is 1. The Balaban J connectivity index is 0.000000698. The number of carboxylic acids is 1. The molecular weight excluding hydrogens is 652 g/mol. The molecule has 5 rings (SSSR count). The van der Waals surface area contributed by atoms with Gasteiger partial charge in [-0.2, -0.15) is 22.8 Å². The standard InChI is InChI=1S/C30H33FN8O3.C2HF3O2/c1-5-19-16-22(26(31)25(17-19)41-15-14-38(3)4)27(29-35-30(40)39(36-29)24-9-7-6-8-23(24)32)34-21-12-10-20(11-13-21)28-33-18(2)42-37-28;3-2(4,5)1(6)7/h6-13,16-17,27,34H,5,14-15,32H2,1-4H3,(H,35,36,40);(H,6,7). The Morgan fingerprint density at radius 3 is 2.41 bits per heavy atom. The van der Waals surface area contributed by atoms with Crippen molar-refractivity contribution in [1.82, 2.24) is 29.8 Å².